The van der Waals surface area contributed by atoms with Crippen LogP contribution < -0.4 is 0 Å². The van der Waals surface area contributed by atoms with Gasteiger partial charge in [-0.25, -0.2) is 9.97 Å². The number of carbonyl (C=O) groups excluding carboxylic acids is 1. The van der Waals surface area contributed by atoms with E-state index in [1.807, 2.05) is 31.2 Å². The van der Waals surface area contributed by atoms with Crippen molar-refractivity contribution in [3.63, 3.8) is 0 Å². The summed E-state index contributed by atoms with van der Waals surface area (Å²) < 4.78 is 0.964. The molecule has 1 atom stereocenters. The second kappa shape index (κ2) is 6.11. The minimum atomic E-state index is -0.200. The Morgan fingerprint density at radius 2 is 1.83 bits per heavy atom. The maximum absolute atomic E-state index is 12.2. The number of rotatable bonds is 4. The molecule has 0 radical (unpaired) electrons. The lowest BCUT2D eigenvalue weighted by molar-refractivity contribution is 0.0994. The molecular weight excluding hydrogens is 312 g/mol. The Bertz CT molecular complexity index is 530. The first kappa shape index (κ1) is 13.2. The first-order valence-electron chi connectivity index (χ1n) is 5.40. The van der Waals surface area contributed by atoms with Gasteiger partial charge in [0, 0.05) is 22.4 Å². The van der Waals surface area contributed by atoms with Gasteiger partial charge in [0.25, 0.3) is 0 Å². The van der Waals surface area contributed by atoms with E-state index in [4.69, 9.17) is 0 Å². The normalized spacial score (nSPS) is 12.1. The predicted molar refractivity (Wildman–Crippen MR) is 75.8 cm³/mol. The Balaban J connectivity index is 2.07. The van der Waals surface area contributed by atoms with Gasteiger partial charge in [0.1, 0.15) is 0 Å². The minimum Gasteiger partial charge on any atom is -0.293 e. The number of halogens is 1. The number of hydrogen-bond acceptors (Lipinski definition) is 4. The molecule has 3 nitrogen and oxygen atoms in total. The van der Waals surface area contributed by atoms with E-state index in [0.717, 1.165) is 4.47 Å². The molecule has 0 saturated carbocycles. The monoisotopic (exact) mass is 322 g/mol. The summed E-state index contributed by atoms with van der Waals surface area (Å²) in [5.74, 6) is 0.0833. The molecule has 92 valence electrons. The highest BCUT2D eigenvalue weighted by molar-refractivity contribution is 9.10. The van der Waals surface area contributed by atoms with Crippen molar-refractivity contribution in [3.8, 4) is 0 Å². The summed E-state index contributed by atoms with van der Waals surface area (Å²) >= 11 is 4.72. The standard InChI is InChI=1S/C13H11BrN2OS/c1-9(18-13-15-7-2-8-16-13)12(17)10-3-5-11(14)6-4-10/h2-9H,1H3. The SMILES string of the molecule is CC(Sc1ncccn1)C(=O)c1ccc(Br)cc1. The van der Waals surface area contributed by atoms with Crippen LogP contribution >= 0.6 is 27.7 Å². The summed E-state index contributed by atoms with van der Waals surface area (Å²) in [5, 5.41) is 0.420. The zero-order valence-corrected chi connectivity index (χ0v) is 12.1. The van der Waals surface area contributed by atoms with Gasteiger partial charge in [-0.15, -0.1) is 0 Å². The Labute approximate surface area is 118 Å². The van der Waals surface area contributed by atoms with Crippen LogP contribution in [0.3, 0.4) is 0 Å². The molecule has 0 amide bonds. The number of aromatic nitrogens is 2. The lowest BCUT2D eigenvalue weighted by Gasteiger charge is -2.08. The molecule has 1 heterocycles. The zero-order chi connectivity index (χ0) is 13.0. The van der Waals surface area contributed by atoms with Crippen molar-refractivity contribution < 1.29 is 4.79 Å². The van der Waals surface area contributed by atoms with Gasteiger partial charge >= 0.3 is 0 Å². The quantitative estimate of drug-likeness (QED) is 0.490. The first-order chi connectivity index (χ1) is 8.66. The van der Waals surface area contributed by atoms with Crippen molar-refractivity contribution in [2.75, 3.05) is 0 Å². The van der Waals surface area contributed by atoms with Gasteiger partial charge in [-0.05, 0) is 25.1 Å². The Morgan fingerprint density at radius 1 is 1.22 bits per heavy atom. The van der Waals surface area contributed by atoms with Crippen molar-refractivity contribution in [1.82, 2.24) is 9.97 Å². The first-order valence-corrected chi connectivity index (χ1v) is 7.07. The van der Waals surface area contributed by atoms with Crippen LogP contribution in [0.2, 0.25) is 0 Å². The third-order valence-electron chi connectivity index (χ3n) is 2.32. The van der Waals surface area contributed by atoms with Crippen molar-refractivity contribution in [1.29, 1.82) is 0 Å². The van der Waals surface area contributed by atoms with Crippen LogP contribution in [0.5, 0.6) is 0 Å². The summed E-state index contributed by atoms with van der Waals surface area (Å²) in [6.45, 7) is 1.87. The molecule has 1 unspecified atom stereocenters. The fourth-order valence-corrected chi connectivity index (χ4v) is 2.47. The highest BCUT2D eigenvalue weighted by atomic mass is 79.9. The largest absolute Gasteiger partial charge is 0.293 e. The third kappa shape index (κ3) is 3.40. The molecule has 5 heteroatoms. The Kier molecular flexibility index (Phi) is 4.49. The number of ketones is 1. The average Bonchev–Trinajstić information content (AvgIpc) is 2.40. The van der Waals surface area contributed by atoms with Crippen LogP contribution in [0.15, 0.2) is 52.4 Å². The van der Waals surface area contributed by atoms with Gasteiger partial charge < -0.3 is 0 Å². The molecule has 1 aromatic carbocycles. The van der Waals surface area contributed by atoms with E-state index in [9.17, 15) is 4.79 Å². The maximum atomic E-state index is 12.2. The van der Waals surface area contributed by atoms with Crippen LogP contribution in [0, 0.1) is 0 Å². The highest BCUT2D eigenvalue weighted by Crippen LogP contribution is 2.22. The molecule has 0 aliphatic rings. The van der Waals surface area contributed by atoms with E-state index in [2.05, 4.69) is 25.9 Å². The Hall–Kier alpha value is -1.20. The topological polar surface area (TPSA) is 42.9 Å². The fourth-order valence-electron chi connectivity index (χ4n) is 1.41. The molecule has 0 fully saturated rings. The zero-order valence-electron chi connectivity index (χ0n) is 9.71. The van der Waals surface area contributed by atoms with Gasteiger partial charge in [0.2, 0.25) is 0 Å². The summed E-state index contributed by atoms with van der Waals surface area (Å²) in [6, 6.07) is 9.11. The number of Topliss-reactive ketones (excluding diaryl/α,β-unsaturated/α-hetero) is 1. The minimum absolute atomic E-state index is 0.0833. The van der Waals surface area contributed by atoms with E-state index in [1.54, 1.807) is 18.5 Å². The van der Waals surface area contributed by atoms with Crippen molar-refractivity contribution >= 4 is 33.5 Å². The second-order valence-corrected chi connectivity index (χ2v) is 5.89. The number of thioether (sulfide) groups is 1. The molecule has 2 rings (SSSR count). The van der Waals surface area contributed by atoms with Crippen LogP contribution in [0.4, 0.5) is 0 Å². The van der Waals surface area contributed by atoms with Crippen molar-refractivity contribution in [3.05, 3.63) is 52.8 Å². The fraction of sp³-hybridized carbons (Fsp3) is 0.154. The lowest BCUT2D eigenvalue weighted by Crippen LogP contribution is -2.13. The smallest absolute Gasteiger partial charge is 0.188 e. The molecule has 0 aliphatic carbocycles. The number of hydrogen-bond donors (Lipinski definition) is 0. The van der Waals surface area contributed by atoms with Gasteiger partial charge in [0.05, 0.1) is 5.25 Å². The van der Waals surface area contributed by atoms with E-state index in [-0.39, 0.29) is 11.0 Å². The molecular formula is C13H11BrN2OS. The highest BCUT2D eigenvalue weighted by Gasteiger charge is 2.17. The number of carbonyl (C=O) groups is 1. The molecule has 0 N–H and O–H groups in total. The van der Waals surface area contributed by atoms with Crippen LogP contribution in [0.25, 0.3) is 0 Å². The van der Waals surface area contributed by atoms with Crippen LogP contribution in [-0.2, 0) is 0 Å². The van der Waals surface area contributed by atoms with E-state index < -0.39 is 0 Å². The molecule has 2 aromatic rings. The van der Waals surface area contributed by atoms with Crippen molar-refractivity contribution in [2.24, 2.45) is 0 Å². The summed E-state index contributed by atoms with van der Waals surface area (Å²) in [5.41, 5.74) is 0.703. The summed E-state index contributed by atoms with van der Waals surface area (Å²) in [4.78, 5) is 20.4. The van der Waals surface area contributed by atoms with E-state index in [1.165, 1.54) is 11.8 Å². The molecule has 0 aliphatic heterocycles. The van der Waals surface area contributed by atoms with Crippen LogP contribution in [-0.4, -0.2) is 21.0 Å². The van der Waals surface area contributed by atoms with Gasteiger partial charge in [-0.2, -0.15) is 0 Å². The summed E-state index contributed by atoms with van der Waals surface area (Å²) in [7, 11) is 0. The second-order valence-electron chi connectivity index (χ2n) is 3.66. The molecule has 18 heavy (non-hydrogen) atoms. The molecule has 0 bridgehead atoms. The maximum Gasteiger partial charge on any atom is 0.188 e. The molecule has 0 saturated heterocycles. The predicted octanol–water partition coefficient (Wildman–Crippen LogP) is 3.60. The lowest BCUT2D eigenvalue weighted by atomic mass is 10.1. The Morgan fingerprint density at radius 3 is 2.44 bits per heavy atom. The number of benzene rings is 1. The third-order valence-corrected chi connectivity index (χ3v) is 3.84. The van der Waals surface area contributed by atoms with Gasteiger partial charge in [-0.3, -0.25) is 4.79 Å². The van der Waals surface area contributed by atoms with Gasteiger partial charge in [0.15, 0.2) is 10.9 Å². The summed E-state index contributed by atoms with van der Waals surface area (Å²) in [6.07, 6.45) is 3.35. The van der Waals surface area contributed by atoms with E-state index >= 15 is 0 Å². The van der Waals surface area contributed by atoms with Gasteiger partial charge in [-0.1, -0.05) is 39.8 Å². The average molecular weight is 323 g/mol. The number of nitrogens with zero attached hydrogens (tertiary/aromatic N) is 2. The van der Waals surface area contributed by atoms with Crippen LogP contribution in [0.1, 0.15) is 17.3 Å². The molecule has 1 aromatic heterocycles. The molecule has 0 spiro atoms. The van der Waals surface area contributed by atoms with Crippen molar-refractivity contribution in [2.45, 2.75) is 17.3 Å². The van der Waals surface area contributed by atoms with E-state index in [0.29, 0.717) is 10.7 Å².